The van der Waals surface area contributed by atoms with Crippen LogP contribution in [0.3, 0.4) is 0 Å². The van der Waals surface area contributed by atoms with Gasteiger partial charge in [0.2, 0.25) is 0 Å². The van der Waals surface area contributed by atoms with Gasteiger partial charge in [0.25, 0.3) is 0 Å². The minimum Gasteiger partial charge on any atom is -0.380 e. The third-order valence-corrected chi connectivity index (χ3v) is 3.94. The van der Waals surface area contributed by atoms with Crippen LogP contribution in [0.4, 0.5) is 10.1 Å². The van der Waals surface area contributed by atoms with Crippen molar-refractivity contribution in [1.29, 1.82) is 0 Å². The summed E-state index contributed by atoms with van der Waals surface area (Å²) in [6, 6.07) is 5.48. The Kier molecular flexibility index (Phi) is 3.62. The Balaban J connectivity index is 2.00. The van der Waals surface area contributed by atoms with Crippen molar-refractivity contribution in [2.24, 2.45) is 5.41 Å². The van der Waals surface area contributed by atoms with E-state index >= 15 is 0 Å². The monoisotopic (exact) mass is 255 g/mol. The molecule has 0 unspecified atom stereocenters. The highest BCUT2D eigenvalue weighted by Crippen LogP contribution is 2.36. The van der Waals surface area contributed by atoms with Gasteiger partial charge in [0.05, 0.1) is 10.7 Å². The van der Waals surface area contributed by atoms with Gasteiger partial charge in [-0.15, -0.1) is 0 Å². The molecule has 1 N–H and O–H groups in total. The minimum absolute atomic E-state index is 0.186. The number of nitrogens with one attached hydrogen (secondary N) is 1. The molecule has 1 aromatic rings. The van der Waals surface area contributed by atoms with E-state index in [0.29, 0.717) is 17.1 Å². The van der Waals surface area contributed by atoms with Crippen molar-refractivity contribution >= 4 is 17.3 Å². The Morgan fingerprint density at radius 1 is 1.29 bits per heavy atom. The molecular formula is C14H19ClFN. The van der Waals surface area contributed by atoms with Crippen molar-refractivity contribution in [3.05, 3.63) is 29.0 Å². The van der Waals surface area contributed by atoms with Crippen LogP contribution in [-0.2, 0) is 0 Å². The molecule has 1 saturated carbocycles. The SMILES string of the molecule is CC1(C)CCC(Nc2cccc(Cl)c2F)CC1. The van der Waals surface area contributed by atoms with E-state index in [2.05, 4.69) is 19.2 Å². The van der Waals surface area contributed by atoms with Gasteiger partial charge >= 0.3 is 0 Å². The molecule has 17 heavy (non-hydrogen) atoms. The molecule has 0 aromatic heterocycles. The van der Waals surface area contributed by atoms with Gasteiger partial charge in [0.15, 0.2) is 5.82 Å². The van der Waals surface area contributed by atoms with Gasteiger partial charge in [0, 0.05) is 6.04 Å². The van der Waals surface area contributed by atoms with E-state index in [4.69, 9.17) is 11.6 Å². The maximum absolute atomic E-state index is 13.7. The number of benzene rings is 1. The molecule has 0 heterocycles. The highest BCUT2D eigenvalue weighted by molar-refractivity contribution is 6.31. The molecule has 3 heteroatoms. The largest absolute Gasteiger partial charge is 0.380 e. The zero-order chi connectivity index (χ0) is 12.5. The second-order valence-corrected chi connectivity index (χ2v) is 6.09. The zero-order valence-electron chi connectivity index (χ0n) is 10.4. The van der Waals surface area contributed by atoms with Crippen LogP contribution in [-0.4, -0.2) is 6.04 Å². The molecule has 0 bridgehead atoms. The molecule has 1 aliphatic carbocycles. The lowest BCUT2D eigenvalue weighted by Crippen LogP contribution is -2.30. The van der Waals surface area contributed by atoms with E-state index in [1.165, 1.54) is 12.8 Å². The molecule has 1 fully saturated rings. The Morgan fingerprint density at radius 2 is 1.94 bits per heavy atom. The molecule has 0 aliphatic heterocycles. The predicted octanol–water partition coefficient (Wildman–Crippen LogP) is 4.86. The molecule has 2 rings (SSSR count). The van der Waals surface area contributed by atoms with Crippen LogP contribution < -0.4 is 5.32 Å². The van der Waals surface area contributed by atoms with Crippen LogP contribution in [0.2, 0.25) is 5.02 Å². The van der Waals surface area contributed by atoms with Crippen molar-refractivity contribution in [3.63, 3.8) is 0 Å². The second kappa shape index (κ2) is 4.85. The molecular weight excluding hydrogens is 237 g/mol. The molecule has 0 amide bonds. The maximum atomic E-state index is 13.7. The van der Waals surface area contributed by atoms with Crippen molar-refractivity contribution < 1.29 is 4.39 Å². The van der Waals surface area contributed by atoms with Crippen molar-refractivity contribution in [2.45, 2.75) is 45.6 Å². The average molecular weight is 256 g/mol. The quantitative estimate of drug-likeness (QED) is 0.796. The summed E-state index contributed by atoms with van der Waals surface area (Å²) >= 11 is 5.76. The molecule has 0 radical (unpaired) electrons. The molecule has 1 aliphatic rings. The first-order valence-electron chi connectivity index (χ1n) is 6.18. The number of anilines is 1. The number of hydrogen-bond donors (Lipinski definition) is 1. The standard InChI is InChI=1S/C14H19ClFN/c1-14(2)8-6-10(7-9-14)17-12-5-3-4-11(15)13(12)16/h3-5,10,17H,6-9H2,1-2H3. The molecule has 1 aromatic carbocycles. The number of rotatable bonds is 2. The summed E-state index contributed by atoms with van der Waals surface area (Å²) in [7, 11) is 0. The lowest BCUT2D eigenvalue weighted by atomic mass is 9.75. The summed E-state index contributed by atoms with van der Waals surface area (Å²) in [5, 5.41) is 3.45. The fourth-order valence-electron chi connectivity index (χ4n) is 2.38. The molecule has 94 valence electrons. The lowest BCUT2D eigenvalue weighted by molar-refractivity contribution is 0.232. The van der Waals surface area contributed by atoms with Gasteiger partial charge in [0.1, 0.15) is 0 Å². The predicted molar refractivity (Wildman–Crippen MR) is 71.1 cm³/mol. The van der Waals surface area contributed by atoms with Crippen LogP contribution in [0.25, 0.3) is 0 Å². The van der Waals surface area contributed by atoms with Crippen LogP contribution in [0, 0.1) is 11.2 Å². The number of halogens is 2. The maximum Gasteiger partial charge on any atom is 0.164 e. The zero-order valence-corrected chi connectivity index (χ0v) is 11.1. The van der Waals surface area contributed by atoms with E-state index in [1.807, 2.05) is 0 Å². The van der Waals surface area contributed by atoms with E-state index in [9.17, 15) is 4.39 Å². The average Bonchev–Trinajstić information content (AvgIpc) is 2.27. The topological polar surface area (TPSA) is 12.0 Å². The lowest BCUT2D eigenvalue weighted by Gasteiger charge is -2.35. The van der Waals surface area contributed by atoms with Crippen molar-refractivity contribution in [1.82, 2.24) is 0 Å². The van der Waals surface area contributed by atoms with Gasteiger partial charge in [-0.25, -0.2) is 4.39 Å². The summed E-state index contributed by atoms with van der Waals surface area (Å²) in [4.78, 5) is 0. The summed E-state index contributed by atoms with van der Waals surface area (Å²) < 4.78 is 13.7. The second-order valence-electron chi connectivity index (χ2n) is 5.68. The highest BCUT2D eigenvalue weighted by Gasteiger charge is 2.27. The summed E-state index contributed by atoms with van der Waals surface area (Å²) in [5.41, 5.74) is 0.965. The first kappa shape index (κ1) is 12.7. The summed E-state index contributed by atoms with van der Waals surface area (Å²) in [6.45, 7) is 4.59. The van der Waals surface area contributed by atoms with Gasteiger partial charge < -0.3 is 5.32 Å². The van der Waals surface area contributed by atoms with Crippen molar-refractivity contribution in [3.8, 4) is 0 Å². The van der Waals surface area contributed by atoms with E-state index in [-0.39, 0.29) is 10.8 Å². The fraction of sp³-hybridized carbons (Fsp3) is 0.571. The molecule has 0 spiro atoms. The smallest absolute Gasteiger partial charge is 0.164 e. The van der Waals surface area contributed by atoms with Crippen LogP contribution >= 0.6 is 11.6 Å². The summed E-state index contributed by atoms with van der Waals surface area (Å²) in [5.74, 6) is -0.334. The summed E-state index contributed by atoms with van der Waals surface area (Å²) in [6.07, 6.45) is 4.57. The van der Waals surface area contributed by atoms with Gasteiger partial charge in [-0.3, -0.25) is 0 Å². The number of hydrogen-bond acceptors (Lipinski definition) is 1. The molecule has 0 atom stereocenters. The Labute approximate surface area is 107 Å². The third kappa shape index (κ3) is 3.12. The van der Waals surface area contributed by atoms with Gasteiger partial charge in [-0.1, -0.05) is 31.5 Å². The third-order valence-electron chi connectivity index (χ3n) is 3.65. The Bertz CT molecular complexity index is 393. The Morgan fingerprint density at radius 3 is 2.59 bits per heavy atom. The molecule has 0 saturated heterocycles. The van der Waals surface area contributed by atoms with E-state index in [1.54, 1.807) is 18.2 Å². The van der Waals surface area contributed by atoms with E-state index < -0.39 is 0 Å². The Hall–Kier alpha value is -0.760. The van der Waals surface area contributed by atoms with Crippen molar-refractivity contribution in [2.75, 3.05) is 5.32 Å². The van der Waals surface area contributed by atoms with Gasteiger partial charge in [-0.05, 0) is 43.2 Å². The first-order chi connectivity index (χ1) is 7.98. The van der Waals surface area contributed by atoms with Gasteiger partial charge in [-0.2, -0.15) is 0 Å². The minimum atomic E-state index is -0.334. The van der Waals surface area contributed by atoms with Crippen LogP contribution in [0.15, 0.2) is 18.2 Å². The normalized spacial score (nSPS) is 20.2. The van der Waals surface area contributed by atoms with Crippen LogP contribution in [0.1, 0.15) is 39.5 Å². The fourth-order valence-corrected chi connectivity index (χ4v) is 2.55. The first-order valence-corrected chi connectivity index (χ1v) is 6.56. The van der Waals surface area contributed by atoms with E-state index in [0.717, 1.165) is 12.8 Å². The van der Waals surface area contributed by atoms with Crippen LogP contribution in [0.5, 0.6) is 0 Å². The highest BCUT2D eigenvalue weighted by atomic mass is 35.5. The molecule has 1 nitrogen and oxygen atoms in total.